The monoisotopic (exact) mass is 343 g/mol. The molecule has 5 nitrogen and oxygen atoms in total. The third-order valence-corrected chi connectivity index (χ3v) is 5.15. The van der Waals surface area contributed by atoms with Gasteiger partial charge >= 0.3 is 0 Å². The second-order valence-corrected chi connectivity index (χ2v) is 6.61. The van der Waals surface area contributed by atoms with Crippen molar-refractivity contribution in [2.45, 2.75) is 27.3 Å². The van der Waals surface area contributed by atoms with Crippen molar-refractivity contribution in [2.75, 3.05) is 0 Å². The molecule has 4 aromatic rings. The molecule has 0 unspecified atom stereocenters. The van der Waals surface area contributed by atoms with Gasteiger partial charge in [-0.3, -0.25) is 4.98 Å². The summed E-state index contributed by atoms with van der Waals surface area (Å²) < 4.78 is 2.24. The van der Waals surface area contributed by atoms with E-state index < -0.39 is 0 Å². The first kappa shape index (κ1) is 15.8. The molecule has 0 amide bonds. The molecule has 4 heterocycles. The van der Waals surface area contributed by atoms with Crippen LogP contribution in [0.5, 0.6) is 0 Å². The van der Waals surface area contributed by atoms with Crippen LogP contribution in [0.15, 0.2) is 35.5 Å². The molecule has 0 aliphatic heterocycles. The van der Waals surface area contributed by atoms with Gasteiger partial charge in [0.25, 0.3) is 0 Å². The summed E-state index contributed by atoms with van der Waals surface area (Å²) in [5, 5.41) is 2.95. The van der Waals surface area contributed by atoms with Gasteiger partial charge in [-0.05, 0) is 13.0 Å². The molecule has 0 N–H and O–H groups in total. The lowest BCUT2D eigenvalue weighted by molar-refractivity contribution is 0.736. The molecule has 0 bridgehead atoms. The highest BCUT2D eigenvalue weighted by molar-refractivity contribution is 7.14. The molecule has 0 atom stereocenters. The third-order valence-electron chi connectivity index (χ3n) is 3.54. The van der Waals surface area contributed by atoms with Gasteiger partial charge in [0.05, 0.1) is 17.2 Å². The van der Waals surface area contributed by atoms with Crippen molar-refractivity contribution in [1.82, 2.24) is 24.5 Å². The minimum atomic E-state index is 0. The van der Waals surface area contributed by atoms with E-state index >= 15 is 0 Å². The molecule has 0 spiro atoms. The molecule has 118 valence electrons. The fourth-order valence-electron chi connectivity index (χ4n) is 2.57. The molecule has 0 saturated heterocycles. The van der Waals surface area contributed by atoms with Crippen LogP contribution >= 0.6 is 22.7 Å². The lowest BCUT2D eigenvalue weighted by Crippen LogP contribution is -2.02. The quantitative estimate of drug-likeness (QED) is 0.555. The van der Waals surface area contributed by atoms with E-state index in [0.29, 0.717) is 0 Å². The van der Waals surface area contributed by atoms with E-state index in [9.17, 15) is 0 Å². The summed E-state index contributed by atoms with van der Waals surface area (Å²) in [5.41, 5.74) is 4.94. The Balaban J connectivity index is 0.00000156. The number of fused-ring (bicyclic) bond motifs is 1. The summed E-state index contributed by atoms with van der Waals surface area (Å²) in [6.07, 6.45) is 6.21. The SMILES string of the molecule is C.CCn1c(Cc2scnc2-c2nccs2)nc2cnccc21. The summed E-state index contributed by atoms with van der Waals surface area (Å²) in [7, 11) is 0. The van der Waals surface area contributed by atoms with E-state index in [4.69, 9.17) is 4.98 Å². The van der Waals surface area contributed by atoms with Crippen LogP contribution in [0.25, 0.3) is 21.7 Å². The highest BCUT2D eigenvalue weighted by atomic mass is 32.1. The van der Waals surface area contributed by atoms with E-state index in [-0.39, 0.29) is 7.43 Å². The maximum Gasteiger partial charge on any atom is 0.142 e. The van der Waals surface area contributed by atoms with E-state index in [0.717, 1.165) is 40.5 Å². The van der Waals surface area contributed by atoms with Crippen LogP contribution in [0.4, 0.5) is 0 Å². The lowest BCUT2D eigenvalue weighted by Gasteiger charge is -2.05. The molecular formula is C16H17N5S2. The zero-order chi connectivity index (χ0) is 14.9. The van der Waals surface area contributed by atoms with Gasteiger partial charge in [-0.25, -0.2) is 15.0 Å². The Morgan fingerprint density at radius 1 is 1.17 bits per heavy atom. The van der Waals surface area contributed by atoms with E-state index in [1.54, 1.807) is 22.7 Å². The van der Waals surface area contributed by atoms with Crippen molar-refractivity contribution in [3.8, 4) is 10.7 Å². The molecule has 4 rings (SSSR count). The van der Waals surface area contributed by atoms with Gasteiger partial charge in [-0.15, -0.1) is 22.7 Å². The molecular weight excluding hydrogens is 326 g/mol. The third kappa shape index (κ3) is 2.77. The molecule has 23 heavy (non-hydrogen) atoms. The zero-order valence-corrected chi connectivity index (χ0v) is 13.6. The van der Waals surface area contributed by atoms with Crippen molar-refractivity contribution >= 4 is 33.7 Å². The summed E-state index contributed by atoms with van der Waals surface area (Å²) in [6, 6.07) is 2.02. The standard InChI is InChI=1S/C15H13N5S2.CH4/c1-2-20-11-3-4-16-8-10(11)19-13(20)7-12-14(18-9-22-12)15-17-5-6-21-15;/h3-6,8-9H,2,7H2,1H3;1H4. The summed E-state index contributed by atoms with van der Waals surface area (Å²) >= 11 is 3.27. The average molecular weight is 343 g/mol. The van der Waals surface area contributed by atoms with Crippen LogP contribution in [-0.2, 0) is 13.0 Å². The highest BCUT2D eigenvalue weighted by Crippen LogP contribution is 2.29. The molecule has 0 fully saturated rings. The number of hydrogen-bond donors (Lipinski definition) is 0. The van der Waals surface area contributed by atoms with Gasteiger partial charge in [0, 0.05) is 35.6 Å². The van der Waals surface area contributed by atoms with Crippen LogP contribution < -0.4 is 0 Å². The molecule has 4 aromatic heterocycles. The van der Waals surface area contributed by atoms with Crippen LogP contribution in [0.2, 0.25) is 0 Å². The van der Waals surface area contributed by atoms with Gasteiger partial charge in [-0.2, -0.15) is 0 Å². The average Bonchev–Trinajstić information content (AvgIpc) is 3.26. The predicted molar refractivity (Wildman–Crippen MR) is 96.0 cm³/mol. The zero-order valence-electron chi connectivity index (χ0n) is 11.9. The summed E-state index contributed by atoms with van der Waals surface area (Å²) in [4.78, 5) is 19.0. The number of pyridine rings is 1. The molecule has 0 aliphatic carbocycles. The Hall–Kier alpha value is -2.12. The van der Waals surface area contributed by atoms with E-state index in [1.807, 2.05) is 35.5 Å². The lowest BCUT2D eigenvalue weighted by atomic mass is 10.3. The van der Waals surface area contributed by atoms with Gasteiger partial charge in [-0.1, -0.05) is 7.43 Å². The second kappa shape index (κ2) is 6.55. The smallest absolute Gasteiger partial charge is 0.142 e. The normalized spacial score (nSPS) is 10.8. The van der Waals surface area contributed by atoms with Gasteiger partial charge in [0.15, 0.2) is 0 Å². The summed E-state index contributed by atoms with van der Waals surface area (Å²) in [5.74, 6) is 1.05. The molecule has 0 aliphatic rings. The van der Waals surface area contributed by atoms with E-state index in [1.165, 1.54) is 4.88 Å². The highest BCUT2D eigenvalue weighted by Gasteiger charge is 2.16. The fourth-order valence-corrected chi connectivity index (χ4v) is 4.06. The van der Waals surface area contributed by atoms with Gasteiger partial charge in [0.1, 0.15) is 22.0 Å². The van der Waals surface area contributed by atoms with Crippen molar-refractivity contribution in [1.29, 1.82) is 0 Å². The maximum absolute atomic E-state index is 4.74. The van der Waals surface area contributed by atoms with E-state index in [2.05, 4.69) is 26.4 Å². The number of aromatic nitrogens is 5. The van der Waals surface area contributed by atoms with Crippen molar-refractivity contribution in [3.05, 3.63) is 46.2 Å². The first-order chi connectivity index (χ1) is 10.9. The van der Waals surface area contributed by atoms with Crippen molar-refractivity contribution < 1.29 is 0 Å². The molecule has 0 saturated carbocycles. The number of nitrogens with zero attached hydrogens (tertiary/aromatic N) is 5. The molecule has 0 radical (unpaired) electrons. The first-order valence-electron chi connectivity index (χ1n) is 6.98. The second-order valence-electron chi connectivity index (χ2n) is 4.77. The topological polar surface area (TPSA) is 56.5 Å². The Labute approximate surface area is 142 Å². The van der Waals surface area contributed by atoms with Gasteiger partial charge < -0.3 is 4.57 Å². The number of aryl methyl sites for hydroxylation is 1. The largest absolute Gasteiger partial charge is 0.328 e. The molecule has 0 aromatic carbocycles. The minimum Gasteiger partial charge on any atom is -0.328 e. The van der Waals surface area contributed by atoms with Crippen LogP contribution in [0, 0.1) is 0 Å². The number of thiazole rings is 2. The Bertz CT molecular complexity index is 908. The number of imidazole rings is 1. The Morgan fingerprint density at radius 2 is 2.09 bits per heavy atom. The number of hydrogen-bond acceptors (Lipinski definition) is 6. The minimum absolute atomic E-state index is 0. The fraction of sp³-hybridized carbons (Fsp3) is 0.250. The van der Waals surface area contributed by atoms with Crippen LogP contribution in [0.1, 0.15) is 25.1 Å². The van der Waals surface area contributed by atoms with Crippen molar-refractivity contribution in [2.24, 2.45) is 0 Å². The van der Waals surface area contributed by atoms with Crippen LogP contribution in [-0.4, -0.2) is 24.5 Å². The Morgan fingerprint density at radius 3 is 2.87 bits per heavy atom. The van der Waals surface area contributed by atoms with Crippen LogP contribution in [0.3, 0.4) is 0 Å². The van der Waals surface area contributed by atoms with Crippen molar-refractivity contribution in [3.63, 3.8) is 0 Å². The summed E-state index contributed by atoms with van der Waals surface area (Å²) in [6.45, 7) is 3.03. The van der Waals surface area contributed by atoms with Gasteiger partial charge in [0.2, 0.25) is 0 Å². The Kier molecular flexibility index (Phi) is 4.49. The first-order valence-corrected chi connectivity index (χ1v) is 8.74. The molecule has 7 heteroatoms. The predicted octanol–water partition coefficient (Wildman–Crippen LogP) is 4.26. The maximum atomic E-state index is 4.74. The number of rotatable bonds is 4.